The molecule has 1 heterocycles. The number of hydrogen-bond donors (Lipinski definition) is 2. The number of benzene rings is 1. The van der Waals surface area contributed by atoms with Crippen molar-refractivity contribution in [1.82, 2.24) is 5.32 Å². The predicted molar refractivity (Wildman–Crippen MR) is 83.8 cm³/mol. The molecule has 2 fully saturated rings. The van der Waals surface area contributed by atoms with Gasteiger partial charge in [-0.3, -0.25) is 0 Å². The maximum absolute atomic E-state index is 11.3. The number of nitrogens with one attached hydrogen (secondary N) is 1. The summed E-state index contributed by atoms with van der Waals surface area (Å²) in [5.41, 5.74) is 1.09. The predicted octanol–water partition coefficient (Wildman–Crippen LogP) is 1.30. The van der Waals surface area contributed by atoms with Gasteiger partial charge >= 0.3 is 0 Å². The number of nitrogens with two attached hydrogens (primary N) is 1. The number of anilines is 1. The van der Waals surface area contributed by atoms with E-state index in [0.717, 1.165) is 31.2 Å². The molecule has 21 heavy (non-hydrogen) atoms. The average molecular weight is 309 g/mol. The number of sulfonamides is 1. The molecule has 0 radical (unpaired) electrons. The molecule has 116 valence electrons. The maximum Gasteiger partial charge on any atom is 0.238 e. The summed E-state index contributed by atoms with van der Waals surface area (Å²) < 4.78 is 22.7. The second kappa shape index (κ2) is 5.94. The Hall–Kier alpha value is -1.11. The Kier molecular flexibility index (Phi) is 4.19. The van der Waals surface area contributed by atoms with Gasteiger partial charge in [0.25, 0.3) is 0 Å². The first-order valence-electron chi connectivity index (χ1n) is 7.63. The van der Waals surface area contributed by atoms with Gasteiger partial charge in [0.2, 0.25) is 10.0 Å². The molecule has 6 heteroatoms. The molecule has 1 aliphatic heterocycles. The zero-order valence-electron chi connectivity index (χ0n) is 12.2. The van der Waals surface area contributed by atoms with E-state index >= 15 is 0 Å². The van der Waals surface area contributed by atoms with Crippen molar-refractivity contribution in [3.05, 3.63) is 24.3 Å². The van der Waals surface area contributed by atoms with Crippen LogP contribution in [0.15, 0.2) is 29.2 Å². The largest absolute Gasteiger partial charge is 0.370 e. The molecule has 0 bridgehead atoms. The van der Waals surface area contributed by atoms with E-state index in [1.165, 1.54) is 25.7 Å². The average Bonchev–Trinajstić information content (AvgIpc) is 3.11. The summed E-state index contributed by atoms with van der Waals surface area (Å²) in [7, 11) is -3.61. The van der Waals surface area contributed by atoms with Gasteiger partial charge in [-0.2, -0.15) is 0 Å². The van der Waals surface area contributed by atoms with Crippen LogP contribution in [-0.4, -0.2) is 34.1 Å². The minimum atomic E-state index is -3.61. The molecule has 1 saturated carbocycles. The van der Waals surface area contributed by atoms with Crippen molar-refractivity contribution in [2.45, 2.75) is 36.6 Å². The zero-order valence-corrected chi connectivity index (χ0v) is 13.0. The topological polar surface area (TPSA) is 75.4 Å². The Labute approximate surface area is 126 Å². The third-order valence-corrected chi connectivity index (χ3v) is 5.24. The lowest BCUT2D eigenvalue weighted by Crippen LogP contribution is -2.38. The van der Waals surface area contributed by atoms with Crippen molar-refractivity contribution in [3.63, 3.8) is 0 Å². The van der Waals surface area contributed by atoms with E-state index in [2.05, 4.69) is 10.2 Å². The Balaban J connectivity index is 1.74. The van der Waals surface area contributed by atoms with E-state index in [9.17, 15) is 8.42 Å². The van der Waals surface area contributed by atoms with E-state index < -0.39 is 10.0 Å². The molecule has 0 spiro atoms. The zero-order chi connectivity index (χ0) is 14.9. The number of primary sulfonamides is 1. The van der Waals surface area contributed by atoms with Crippen LogP contribution in [0.1, 0.15) is 25.7 Å². The molecule has 1 saturated heterocycles. The van der Waals surface area contributed by atoms with Gasteiger partial charge in [0, 0.05) is 24.8 Å². The Morgan fingerprint density at radius 1 is 1.14 bits per heavy atom. The molecule has 1 atom stereocenters. The van der Waals surface area contributed by atoms with Crippen molar-refractivity contribution in [2.75, 3.05) is 24.5 Å². The quantitative estimate of drug-likeness (QED) is 0.830. The molecule has 1 aromatic rings. The third-order valence-electron chi connectivity index (χ3n) is 4.31. The van der Waals surface area contributed by atoms with Crippen LogP contribution in [0.3, 0.4) is 0 Å². The van der Waals surface area contributed by atoms with Crippen LogP contribution in [0.4, 0.5) is 5.69 Å². The van der Waals surface area contributed by atoms with Gasteiger partial charge in [0.05, 0.1) is 4.90 Å². The van der Waals surface area contributed by atoms with E-state index in [1.807, 2.05) is 12.1 Å². The first kappa shape index (κ1) is 14.8. The Bertz CT molecular complexity index is 575. The molecule has 2 aliphatic rings. The fraction of sp³-hybridized carbons (Fsp3) is 0.600. The van der Waals surface area contributed by atoms with Gasteiger partial charge in [0.1, 0.15) is 0 Å². The van der Waals surface area contributed by atoms with Crippen LogP contribution >= 0.6 is 0 Å². The summed E-state index contributed by atoms with van der Waals surface area (Å²) in [6.45, 7) is 3.16. The fourth-order valence-corrected chi connectivity index (χ4v) is 3.44. The highest BCUT2D eigenvalue weighted by Crippen LogP contribution is 2.32. The van der Waals surface area contributed by atoms with Crippen LogP contribution in [0.25, 0.3) is 0 Å². The molecule has 1 aliphatic carbocycles. The first-order chi connectivity index (χ1) is 10.0. The normalized spacial score (nSPS) is 22.4. The van der Waals surface area contributed by atoms with Crippen molar-refractivity contribution in [3.8, 4) is 0 Å². The minimum Gasteiger partial charge on any atom is -0.370 e. The number of rotatable bonds is 6. The minimum absolute atomic E-state index is 0.177. The Morgan fingerprint density at radius 3 is 2.38 bits per heavy atom. The lowest BCUT2D eigenvalue weighted by molar-refractivity contribution is 0.570. The van der Waals surface area contributed by atoms with Gasteiger partial charge in [0.15, 0.2) is 0 Å². The highest BCUT2D eigenvalue weighted by atomic mass is 32.2. The van der Waals surface area contributed by atoms with Gasteiger partial charge in [-0.1, -0.05) is 0 Å². The highest BCUT2D eigenvalue weighted by molar-refractivity contribution is 7.89. The van der Waals surface area contributed by atoms with E-state index in [0.29, 0.717) is 6.04 Å². The Morgan fingerprint density at radius 2 is 1.86 bits per heavy atom. The molecule has 1 aromatic carbocycles. The highest BCUT2D eigenvalue weighted by Gasteiger charge is 2.26. The third kappa shape index (κ3) is 3.96. The first-order valence-corrected chi connectivity index (χ1v) is 9.18. The molecular formula is C15H23N3O2S. The number of nitrogens with zero attached hydrogens (tertiary/aromatic N) is 1. The number of hydrogen-bond acceptors (Lipinski definition) is 4. The second-order valence-electron chi connectivity index (χ2n) is 6.18. The van der Waals surface area contributed by atoms with Crippen molar-refractivity contribution < 1.29 is 8.42 Å². The van der Waals surface area contributed by atoms with E-state index in [-0.39, 0.29) is 4.90 Å². The van der Waals surface area contributed by atoms with Crippen LogP contribution in [0.2, 0.25) is 0 Å². The van der Waals surface area contributed by atoms with Crippen LogP contribution in [0, 0.1) is 5.92 Å². The monoisotopic (exact) mass is 309 g/mol. The summed E-state index contributed by atoms with van der Waals surface area (Å²) in [5, 5.41) is 8.68. The van der Waals surface area contributed by atoms with E-state index in [1.54, 1.807) is 12.1 Å². The molecule has 5 nitrogen and oxygen atoms in total. The summed E-state index contributed by atoms with van der Waals surface area (Å²) >= 11 is 0. The molecule has 1 unspecified atom stereocenters. The SMILES string of the molecule is NS(=O)(=O)c1ccc(N(CC2CC2)CC2CCCN2)cc1. The molecular weight excluding hydrogens is 286 g/mol. The maximum atomic E-state index is 11.3. The van der Waals surface area contributed by atoms with Crippen molar-refractivity contribution >= 4 is 15.7 Å². The molecule has 0 amide bonds. The standard InChI is InChI=1S/C15H23N3O2S/c16-21(19,20)15-7-5-14(6-8-15)18(10-12-3-4-12)11-13-2-1-9-17-13/h5-8,12-13,17H,1-4,9-11H2,(H2,16,19,20). The summed E-state index contributed by atoms with van der Waals surface area (Å²) in [6.07, 6.45) is 5.08. The van der Waals surface area contributed by atoms with Crippen LogP contribution < -0.4 is 15.4 Å². The second-order valence-corrected chi connectivity index (χ2v) is 7.74. The summed E-state index contributed by atoms with van der Waals surface area (Å²) in [6, 6.07) is 7.50. The fourth-order valence-electron chi connectivity index (χ4n) is 2.92. The summed E-state index contributed by atoms with van der Waals surface area (Å²) in [5.74, 6) is 0.796. The lowest BCUT2D eigenvalue weighted by Gasteiger charge is -2.28. The molecule has 0 aromatic heterocycles. The van der Waals surface area contributed by atoms with Crippen molar-refractivity contribution in [2.24, 2.45) is 11.1 Å². The van der Waals surface area contributed by atoms with Crippen molar-refractivity contribution in [1.29, 1.82) is 0 Å². The lowest BCUT2D eigenvalue weighted by atomic mass is 10.2. The smallest absolute Gasteiger partial charge is 0.238 e. The van der Waals surface area contributed by atoms with Gasteiger partial charge in [-0.15, -0.1) is 0 Å². The summed E-state index contributed by atoms with van der Waals surface area (Å²) in [4.78, 5) is 2.56. The molecule has 3 rings (SSSR count). The van der Waals surface area contributed by atoms with Gasteiger partial charge in [-0.05, 0) is 62.4 Å². The van der Waals surface area contributed by atoms with Gasteiger partial charge in [-0.25, -0.2) is 13.6 Å². The van der Waals surface area contributed by atoms with E-state index in [4.69, 9.17) is 5.14 Å². The van der Waals surface area contributed by atoms with Crippen LogP contribution in [0.5, 0.6) is 0 Å². The molecule has 3 N–H and O–H groups in total. The van der Waals surface area contributed by atoms with Crippen LogP contribution in [-0.2, 0) is 10.0 Å². The van der Waals surface area contributed by atoms with Gasteiger partial charge < -0.3 is 10.2 Å².